The molecule has 2 fully saturated rings. The third kappa shape index (κ3) is 5.24. The zero-order valence-electron chi connectivity index (χ0n) is 22.4. The van der Waals surface area contributed by atoms with Crippen LogP contribution in [-0.4, -0.2) is 68.1 Å². The highest BCUT2D eigenvalue weighted by atomic mass is 32.1. The van der Waals surface area contributed by atoms with Gasteiger partial charge in [0.15, 0.2) is 0 Å². The highest BCUT2D eigenvalue weighted by Crippen LogP contribution is 2.45. The quantitative estimate of drug-likeness (QED) is 0.243. The highest BCUT2D eigenvalue weighted by molar-refractivity contribution is 7.10. The van der Waals surface area contributed by atoms with Gasteiger partial charge in [0.25, 0.3) is 11.7 Å². The summed E-state index contributed by atoms with van der Waals surface area (Å²) in [6, 6.07) is 15.8. The minimum atomic E-state index is -0.763. The Hall–Kier alpha value is -3.82. The van der Waals surface area contributed by atoms with Gasteiger partial charge in [-0.2, -0.15) is 0 Å². The summed E-state index contributed by atoms with van der Waals surface area (Å²) in [5.41, 5.74) is 2.05. The van der Waals surface area contributed by atoms with Gasteiger partial charge in [0.1, 0.15) is 23.3 Å². The van der Waals surface area contributed by atoms with Crippen LogP contribution in [0.4, 0.5) is 11.4 Å². The molecule has 1 amide bonds. The van der Waals surface area contributed by atoms with Crippen LogP contribution < -0.4 is 19.3 Å². The van der Waals surface area contributed by atoms with Crippen LogP contribution in [0, 0.1) is 0 Å². The molecule has 0 spiro atoms. The number of carbonyl (C=O) groups is 2. The first-order chi connectivity index (χ1) is 18.9. The van der Waals surface area contributed by atoms with Crippen molar-refractivity contribution in [2.75, 3.05) is 56.2 Å². The van der Waals surface area contributed by atoms with Crippen LogP contribution in [0.25, 0.3) is 5.76 Å². The van der Waals surface area contributed by atoms with Gasteiger partial charge in [-0.25, -0.2) is 0 Å². The first kappa shape index (κ1) is 26.8. The number of ether oxygens (including phenoxy) is 2. The van der Waals surface area contributed by atoms with E-state index in [1.807, 2.05) is 55.6 Å². The number of likely N-dealkylation sites (N-methyl/N-ethyl adjacent to an activating group) is 1. The fraction of sp³-hybridized carbons (Fsp3) is 0.333. The van der Waals surface area contributed by atoms with Crippen molar-refractivity contribution < 1.29 is 24.2 Å². The summed E-state index contributed by atoms with van der Waals surface area (Å²) in [6.07, 6.45) is 0. The molecule has 0 radical (unpaired) electrons. The van der Waals surface area contributed by atoms with E-state index >= 15 is 0 Å². The predicted octanol–water partition coefficient (Wildman–Crippen LogP) is 4.92. The minimum Gasteiger partial charge on any atom is -0.507 e. The molecule has 2 aliphatic heterocycles. The summed E-state index contributed by atoms with van der Waals surface area (Å²) >= 11 is 1.43. The first-order valence-corrected chi connectivity index (χ1v) is 14.1. The molecule has 2 aromatic carbocycles. The van der Waals surface area contributed by atoms with Crippen LogP contribution in [0.3, 0.4) is 0 Å². The molecule has 5 rings (SSSR count). The summed E-state index contributed by atoms with van der Waals surface area (Å²) in [5, 5.41) is 13.5. The second kappa shape index (κ2) is 11.5. The monoisotopic (exact) mass is 547 g/mol. The lowest BCUT2D eigenvalue weighted by molar-refractivity contribution is -0.132. The molecule has 1 aromatic heterocycles. The van der Waals surface area contributed by atoms with Gasteiger partial charge in [0, 0.05) is 48.5 Å². The molecular formula is C30H33N3O5S. The van der Waals surface area contributed by atoms with Gasteiger partial charge in [-0.05, 0) is 68.7 Å². The molecule has 2 saturated heterocycles. The summed E-state index contributed by atoms with van der Waals surface area (Å²) in [5.74, 6) is -0.701. The Balaban J connectivity index is 1.56. The number of piperazine rings is 1. The molecular weight excluding hydrogens is 514 g/mol. The average molecular weight is 548 g/mol. The molecule has 3 aromatic rings. The number of benzene rings is 2. The van der Waals surface area contributed by atoms with Crippen molar-refractivity contribution in [1.29, 1.82) is 0 Å². The van der Waals surface area contributed by atoms with Gasteiger partial charge in [0.05, 0.1) is 24.4 Å². The van der Waals surface area contributed by atoms with Crippen molar-refractivity contribution >= 4 is 40.2 Å². The lowest BCUT2D eigenvalue weighted by Crippen LogP contribution is -2.44. The number of nitrogens with zero attached hydrogens (tertiary/aromatic N) is 3. The second-order valence-corrected chi connectivity index (χ2v) is 10.5. The number of aliphatic hydroxyl groups excluding tert-OH is 1. The van der Waals surface area contributed by atoms with Gasteiger partial charge in [-0.1, -0.05) is 6.07 Å². The number of hydrogen-bond acceptors (Lipinski definition) is 8. The molecule has 0 bridgehead atoms. The molecule has 1 N–H and O–H groups in total. The van der Waals surface area contributed by atoms with Crippen molar-refractivity contribution in [2.45, 2.75) is 19.9 Å². The standard InChI is InChI=1S/C30H33N3O5S/c1-4-37-22-12-13-23(24(19-22)38-5-2)28(34)26-27(25-7-6-18-39-25)33(30(36)29(26)35)21-10-8-20(9-11-21)32-16-14-31(3)15-17-32/h6-13,18-19,27,34H,4-5,14-17H2,1-3H3/b28-26-. The van der Waals surface area contributed by atoms with Crippen LogP contribution >= 0.6 is 11.3 Å². The number of thiophene rings is 1. The summed E-state index contributed by atoms with van der Waals surface area (Å²) in [6.45, 7) is 8.40. The molecule has 8 nitrogen and oxygen atoms in total. The lowest BCUT2D eigenvalue weighted by atomic mass is 9.99. The van der Waals surface area contributed by atoms with E-state index in [0.717, 1.165) is 36.7 Å². The second-order valence-electron chi connectivity index (χ2n) is 9.52. The molecule has 3 heterocycles. The molecule has 1 atom stereocenters. The maximum Gasteiger partial charge on any atom is 0.300 e. The fourth-order valence-electron chi connectivity index (χ4n) is 5.08. The van der Waals surface area contributed by atoms with E-state index in [1.165, 1.54) is 16.2 Å². The van der Waals surface area contributed by atoms with Crippen molar-refractivity contribution in [3.63, 3.8) is 0 Å². The van der Waals surface area contributed by atoms with Crippen molar-refractivity contribution in [3.8, 4) is 11.5 Å². The van der Waals surface area contributed by atoms with E-state index in [1.54, 1.807) is 18.2 Å². The first-order valence-electron chi connectivity index (χ1n) is 13.2. The van der Waals surface area contributed by atoms with Crippen LogP contribution in [-0.2, 0) is 9.59 Å². The summed E-state index contributed by atoms with van der Waals surface area (Å²) in [4.78, 5) is 33.9. The number of anilines is 2. The fourth-order valence-corrected chi connectivity index (χ4v) is 5.90. The molecule has 9 heteroatoms. The number of carbonyl (C=O) groups excluding carboxylic acids is 2. The number of rotatable bonds is 8. The SMILES string of the molecule is CCOc1ccc(/C(O)=C2/C(=O)C(=O)N(c3ccc(N4CCN(C)CC4)cc3)C2c2cccs2)c(OCC)c1. The Morgan fingerprint density at radius 2 is 1.64 bits per heavy atom. The highest BCUT2D eigenvalue weighted by Gasteiger charge is 2.47. The maximum absolute atomic E-state index is 13.5. The van der Waals surface area contributed by atoms with Crippen molar-refractivity contribution in [2.24, 2.45) is 0 Å². The third-order valence-corrected chi connectivity index (χ3v) is 8.00. The van der Waals surface area contributed by atoms with Crippen LogP contribution in [0.5, 0.6) is 11.5 Å². The van der Waals surface area contributed by atoms with Crippen molar-refractivity contribution in [1.82, 2.24) is 4.90 Å². The van der Waals surface area contributed by atoms with E-state index in [-0.39, 0.29) is 11.3 Å². The van der Waals surface area contributed by atoms with Gasteiger partial charge in [-0.15, -0.1) is 11.3 Å². The Morgan fingerprint density at radius 3 is 2.28 bits per heavy atom. The topological polar surface area (TPSA) is 82.5 Å². The van der Waals surface area contributed by atoms with E-state index in [9.17, 15) is 14.7 Å². The normalized spacial score (nSPS) is 19.5. The van der Waals surface area contributed by atoms with E-state index < -0.39 is 17.7 Å². The Kier molecular flexibility index (Phi) is 7.90. The van der Waals surface area contributed by atoms with Crippen LogP contribution in [0.1, 0.15) is 30.3 Å². The molecule has 204 valence electrons. The lowest BCUT2D eigenvalue weighted by Gasteiger charge is -2.34. The van der Waals surface area contributed by atoms with Crippen LogP contribution in [0.2, 0.25) is 0 Å². The zero-order chi connectivity index (χ0) is 27.5. The van der Waals surface area contributed by atoms with E-state index in [4.69, 9.17) is 9.47 Å². The molecule has 0 aliphatic carbocycles. The maximum atomic E-state index is 13.5. The van der Waals surface area contributed by atoms with Gasteiger partial charge in [-0.3, -0.25) is 14.5 Å². The summed E-state index contributed by atoms with van der Waals surface area (Å²) in [7, 11) is 2.12. The molecule has 0 saturated carbocycles. The number of aliphatic hydroxyl groups is 1. The number of Topliss-reactive ketones (excluding diaryl/α,β-unsaturated/α-hetero) is 1. The van der Waals surface area contributed by atoms with E-state index in [2.05, 4.69) is 16.8 Å². The van der Waals surface area contributed by atoms with Gasteiger partial charge in [0.2, 0.25) is 0 Å². The molecule has 2 aliphatic rings. The smallest absolute Gasteiger partial charge is 0.300 e. The Bertz CT molecular complexity index is 1360. The average Bonchev–Trinajstić information content (AvgIpc) is 3.56. The number of amides is 1. The molecule has 39 heavy (non-hydrogen) atoms. The van der Waals surface area contributed by atoms with Gasteiger partial charge >= 0.3 is 0 Å². The largest absolute Gasteiger partial charge is 0.507 e. The molecule has 1 unspecified atom stereocenters. The third-order valence-electron chi connectivity index (χ3n) is 7.07. The zero-order valence-corrected chi connectivity index (χ0v) is 23.2. The predicted molar refractivity (Wildman–Crippen MR) is 154 cm³/mol. The number of ketones is 1. The Labute approximate surface area is 232 Å². The summed E-state index contributed by atoms with van der Waals surface area (Å²) < 4.78 is 11.4. The van der Waals surface area contributed by atoms with E-state index in [0.29, 0.717) is 36.0 Å². The minimum absolute atomic E-state index is 0.0377. The van der Waals surface area contributed by atoms with Crippen molar-refractivity contribution in [3.05, 3.63) is 76.0 Å². The van der Waals surface area contributed by atoms with Crippen LogP contribution in [0.15, 0.2) is 65.6 Å². The Morgan fingerprint density at radius 1 is 0.949 bits per heavy atom. The van der Waals surface area contributed by atoms with Gasteiger partial charge < -0.3 is 24.4 Å². The number of hydrogen-bond donors (Lipinski definition) is 1.